The molecule has 3 aliphatic rings. The van der Waals surface area contributed by atoms with Crippen molar-refractivity contribution in [1.29, 1.82) is 0 Å². The predicted molar refractivity (Wildman–Crippen MR) is 592 cm³/mol. The molecule has 0 spiro atoms. The van der Waals surface area contributed by atoms with Crippen LogP contribution in [0.2, 0.25) is 30.1 Å². The number of aromatic amines is 1. The molecule has 12 heterocycles. The molecule has 0 bridgehead atoms. The minimum atomic E-state index is -1.12. The minimum absolute atomic E-state index is 0.0108. The number of carbonyl (C=O) groups is 6. The second-order valence-electron chi connectivity index (χ2n) is 39.2. The number of aldehydes is 1. The van der Waals surface area contributed by atoms with E-state index in [-0.39, 0.29) is 28.8 Å². The highest BCUT2D eigenvalue weighted by atomic mass is 35.5. The van der Waals surface area contributed by atoms with Crippen molar-refractivity contribution >= 4 is 188 Å². The Labute approximate surface area is 886 Å². The average molecular weight is 2110 g/mol. The van der Waals surface area contributed by atoms with Gasteiger partial charge in [0.15, 0.2) is 6.29 Å². The zero-order valence-corrected chi connectivity index (χ0v) is 90.3. The highest BCUT2D eigenvalue weighted by molar-refractivity contribution is 6.37. The number of carboxylic acid groups (broad SMARTS) is 2. The van der Waals surface area contributed by atoms with Crippen molar-refractivity contribution in [2.45, 2.75) is 161 Å². The van der Waals surface area contributed by atoms with E-state index in [2.05, 4.69) is 65.7 Å². The highest BCUT2D eigenvalue weighted by Gasteiger charge is 2.40. The van der Waals surface area contributed by atoms with Crippen LogP contribution in [0.1, 0.15) is 185 Å². The van der Waals surface area contributed by atoms with Crippen LogP contribution in [0.5, 0.6) is 17.2 Å². The lowest BCUT2D eigenvalue weighted by atomic mass is 9.98. The van der Waals surface area contributed by atoms with E-state index in [4.69, 9.17) is 94.0 Å². The van der Waals surface area contributed by atoms with Gasteiger partial charge < -0.3 is 66.9 Å². The van der Waals surface area contributed by atoms with Gasteiger partial charge in [-0.2, -0.15) is 15.3 Å². The lowest BCUT2D eigenvalue weighted by molar-refractivity contribution is 0.0686. The summed E-state index contributed by atoms with van der Waals surface area (Å²) in [5, 5.41) is 43.4. The number of aromatic carboxylic acids is 2. The maximum Gasteiger partial charge on any atom is 0.335 e. The highest BCUT2D eigenvalue weighted by Crippen LogP contribution is 2.50. The summed E-state index contributed by atoms with van der Waals surface area (Å²) in [6, 6.07) is 39.9. The van der Waals surface area contributed by atoms with Gasteiger partial charge >= 0.3 is 11.9 Å². The van der Waals surface area contributed by atoms with Crippen molar-refractivity contribution in [1.82, 2.24) is 57.2 Å². The molecule has 0 saturated heterocycles. The second-order valence-corrected chi connectivity index (χ2v) is 41.5. The van der Waals surface area contributed by atoms with E-state index in [1.54, 1.807) is 45.9 Å². The van der Waals surface area contributed by atoms with E-state index in [0.717, 1.165) is 224 Å². The van der Waals surface area contributed by atoms with Crippen molar-refractivity contribution in [2.75, 3.05) is 54.2 Å². The molecule has 3 amide bonds. The number of ether oxygens (including phenoxy) is 3. The van der Waals surface area contributed by atoms with Crippen LogP contribution >= 0.6 is 69.6 Å². The molecule has 762 valence electrons. The van der Waals surface area contributed by atoms with Crippen LogP contribution in [-0.4, -0.2) is 143 Å². The molecule has 18 aromatic rings. The maximum absolute atomic E-state index is 15.2. The summed E-state index contributed by atoms with van der Waals surface area (Å²) in [7, 11) is 9.57. The van der Waals surface area contributed by atoms with Gasteiger partial charge in [-0.25, -0.2) is 9.59 Å². The number of nitrogens with one attached hydrogen (secondary N) is 1. The first-order valence-electron chi connectivity index (χ1n) is 49.7. The number of hydrogen-bond donors (Lipinski definition) is 3. The molecule has 3 aliphatic heterocycles. The molecular weight excluding hydrogens is 1990 g/mol. The van der Waals surface area contributed by atoms with E-state index in [1.807, 2.05) is 202 Å². The normalized spacial score (nSPS) is 13.4. The quantitative estimate of drug-likeness (QED) is 0.0375. The number of hydrogen-bond acceptors (Lipinski definition) is 12. The number of halogens is 6. The minimum Gasteiger partial charge on any atom is -0.494 e. The standard InChI is InChI=1S/C40H39Cl2N5O5.C38H37Cl2N5O4.C38H39Cl2N5O2/c1-21-15-27(16-22(2)36(21)42)52-14-7-9-28-29-10-11-30(41)35(33-23(3)43-45(6)24(33)4)37(29)47-13-8-12-46(39(49)38(28)47)32-18-25(40(50)51)17-31-34(32)26(20-48)19-44(31)5;1-20-16-25(17-21(2)34(20)40)49-15-6-8-26-27-9-10-29(39)33(32-22(3)42-43(5)23(32)4)35(27)45-14-7-13-44(37(46)36(26)45)31-19-24(38(47)48)18-30-28(31)11-12-41-30;1-22-20-26(21-23(2)35(22)40)47-19-8-10-27-28-13-14-30(39)34(33-24(3)41-43(6)25(33)4)36(28)45-17-9-16-44(38(46)37(27)45)32-12-7-11-31-29(32)15-18-42(31)5/h10-11,15-20H,7-9,12-14H2,1-6H3,(H,50,51);9-12,16-19,41H,6-8,13-15H2,1-5H3,(H,47,48);7,11-15,18,20-21H,8-10,16-17,19H2,1-6H3. The zero-order valence-electron chi connectivity index (χ0n) is 85.8. The number of carboxylic acids is 2. The van der Waals surface area contributed by atoms with Gasteiger partial charge in [0.2, 0.25) is 0 Å². The summed E-state index contributed by atoms with van der Waals surface area (Å²) in [6.07, 6.45) is 12.0. The molecule has 0 unspecified atom stereocenters. The number of rotatable bonds is 24. The summed E-state index contributed by atoms with van der Waals surface area (Å²) in [6.45, 7) is 28.4. The van der Waals surface area contributed by atoms with Crippen molar-refractivity contribution in [2.24, 2.45) is 35.2 Å². The number of aryl methyl sites for hydroxylation is 20. The van der Waals surface area contributed by atoms with Crippen LogP contribution in [0, 0.1) is 83.1 Å². The molecule has 0 atom stereocenters. The number of amides is 3. The van der Waals surface area contributed by atoms with Gasteiger partial charge in [0.25, 0.3) is 17.7 Å². The van der Waals surface area contributed by atoms with Crippen LogP contribution in [0.25, 0.3) is 98.8 Å². The van der Waals surface area contributed by atoms with Crippen LogP contribution in [-0.2, 0) is 74.1 Å². The average Bonchev–Trinajstić information content (AvgIpc) is 1.57. The number of anilines is 3. The number of H-pyrrole nitrogens is 1. The molecule has 0 radical (unpaired) electrons. The monoisotopic (exact) mass is 2100 g/mol. The number of fused-ring (bicyclic) bond motifs is 12. The van der Waals surface area contributed by atoms with Crippen LogP contribution in [0.15, 0.2) is 146 Å². The molecule has 9 aromatic heterocycles. The summed E-state index contributed by atoms with van der Waals surface area (Å²) in [5.41, 5.74) is 29.0. The van der Waals surface area contributed by atoms with Crippen LogP contribution in [0.3, 0.4) is 0 Å². The molecule has 0 aliphatic carbocycles. The van der Waals surface area contributed by atoms with Gasteiger partial charge in [0, 0.05) is 208 Å². The van der Waals surface area contributed by atoms with E-state index in [1.165, 1.54) is 12.1 Å². The molecule has 9 aromatic carbocycles. The SMILES string of the molecule is Cc1cc(OCCCc2c3n(c4c(-c5c(C)nn(C)c5C)c(Cl)ccc24)CCCN(c2cc(C(=O)O)cc4[nH]ccc24)C3=O)cc(C)c1Cl.Cc1cc(OCCCc2c3n(c4c(-c5c(C)nn(C)c5C)c(Cl)ccc24)CCCN(c2cc(C(=O)O)cc4c2c(C=O)cn4C)C3=O)cc(C)c1Cl.Cc1cc(OCCCc2c3n(c4c(-c5c(C)nn(C)c5C)c(Cl)ccc24)CCCN(c2cccc4c2ccn4C)C3=O)cc(C)c1Cl. The Hall–Kier alpha value is -14.0. The fourth-order valence-corrected chi connectivity index (χ4v) is 23.6. The van der Waals surface area contributed by atoms with Gasteiger partial charge in [0.1, 0.15) is 34.3 Å². The number of nitrogens with zero attached hydrogens (tertiary/aromatic N) is 14. The largest absolute Gasteiger partial charge is 0.494 e. The first-order chi connectivity index (χ1) is 70.8. The third-order valence-electron chi connectivity index (χ3n) is 29.6. The predicted octanol–water partition coefficient (Wildman–Crippen LogP) is 26.6. The fourth-order valence-electron chi connectivity index (χ4n) is 22.6. The Bertz CT molecular complexity index is 8470. The first-order valence-corrected chi connectivity index (χ1v) is 52.0. The molecule has 26 nitrogen and oxygen atoms in total. The molecular formula is C116H115Cl6N15O11. The Morgan fingerprint density at radius 1 is 0.399 bits per heavy atom. The first kappa shape index (κ1) is 103. The van der Waals surface area contributed by atoms with Gasteiger partial charge in [-0.3, -0.25) is 33.2 Å². The Morgan fingerprint density at radius 3 is 1.13 bits per heavy atom. The topological polar surface area (TPSA) is 274 Å². The summed E-state index contributed by atoms with van der Waals surface area (Å²) >= 11 is 40.3. The second kappa shape index (κ2) is 41.3. The lowest BCUT2D eigenvalue weighted by Crippen LogP contribution is -2.32. The van der Waals surface area contributed by atoms with Crippen molar-refractivity contribution in [3.8, 4) is 50.6 Å². The van der Waals surface area contributed by atoms with Gasteiger partial charge in [-0.15, -0.1) is 0 Å². The number of carbonyl (C=O) groups excluding carboxylic acids is 4. The maximum atomic E-state index is 15.2. The Balaban J connectivity index is 0.000000140. The van der Waals surface area contributed by atoms with Gasteiger partial charge in [0.05, 0.1) is 102 Å². The molecule has 3 N–H and O–H groups in total. The van der Waals surface area contributed by atoms with Crippen molar-refractivity contribution in [3.63, 3.8) is 0 Å². The summed E-state index contributed by atoms with van der Waals surface area (Å²) in [4.78, 5) is 90.3. The molecule has 148 heavy (non-hydrogen) atoms. The summed E-state index contributed by atoms with van der Waals surface area (Å²) in [5.74, 6) is -0.330. The van der Waals surface area contributed by atoms with E-state index < -0.39 is 11.9 Å². The van der Waals surface area contributed by atoms with Crippen LogP contribution < -0.4 is 28.9 Å². The van der Waals surface area contributed by atoms with Gasteiger partial charge in [-0.1, -0.05) is 93.9 Å². The summed E-state index contributed by atoms with van der Waals surface area (Å²) < 4.78 is 34.5. The van der Waals surface area contributed by atoms with E-state index in [0.29, 0.717) is 169 Å². The van der Waals surface area contributed by atoms with E-state index in [9.17, 15) is 34.2 Å². The van der Waals surface area contributed by atoms with Crippen LogP contribution in [0.4, 0.5) is 17.1 Å². The fraction of sp³-hybridized carbons (Fsp3) is 0.302. The van der Waals surface area contributed by atoms with Gasteiger partial charge in [-0.05, 0) is 294 Å². The Kier molecular flexibility index (Phi) is 28.6. The van der Waals surface area contributed by atoms with Crippen molar-refractivity contribution in [3.05, 3.63) is 294 Å². The molecule has 21 rings (SSSR count). The third-order valence-corrected chi connectivity index (χ3v) is 32.4. The molecule has 0 fully saturated rings. The van der Waals surface area contributed by atoms with E-state index >= 15 is 4.79 Å². The smallest absolute Gasteiger partial charge is 0.335 e. The Morgan fingerprint density at radius 2 is 0.764 bits per heavy atom. The number of aromatic nitrogens is 12. The van der Waals surface area contributed by atoms with Crippen molar-refractivity contribution < 1.29 is 53.2 Å². The number of benzene rings is 9. The lowest BCUT2D eigenvalue weighted by Gasteiger charge is -2.23. The third kappa shape index (κ3) is 18.4. The zero-order chi connectivity index (χ0) is 105. The molecule has 0 saturated carbocycles. The molecule has 32 heteroatoms.